The second kappa shape index (κ2) is 3.31. The molecule has 0 aliphatic carbocycles. The van der Waals surface area contributed by atoms with Gasteiger partial charge in [0.1, 0.15) is 5.72 Å². The Kier molecular flexibility index (Phi) is 2.57. The molecule has 70 valence electrons. The van der Waals surface area contributed by atoms with E-state index in [-0.39, 0.29) is 6.03 Å². The van der Waals surface area contributed by atoms with E-state index in [1.54, 1.807) is 18.7 Å². The molecule has 1 saturated heterocycles. The first-order valence-corrected chi connectivity index (χ1v) is 4.28. The molecule has 0 atom stereocenters. The lowest BCUT2D eigenvalue weighted by molar-refractivity contribution is 0.0490. The number of nitrogens with zero attached hydrogens (tertiary/aromatic N) is 1. The molecule has 0 aromatic rings. The fourth-order valence-electron chi connectivity index (χ4n) is 1.26. The number of nitrogens with one attached hydrogen (secondary N) is 1. The Bertz CT molecular complexity index is 168. The van der Waals surface area contributed by atoms with Gasteiger partial charge in [-0.1, -0.05) is 0 Å². The van der Waals surface area contributed by atoms with Crippen LogP contribution in [0.1, 0.15) is 26.7 Å². The number of hydrogen-bond donors (Lipinski definition) is 2. The topological polar surface area (TPSA) is 52.6 Å². The van der Waals surface area contributed by atoms with Gasteiger partial charge in [-0.05, 0) is 26.7 Å². The van der Waals surface area contributed by atoms with Gasteiger partial charge in [-0.2, -0.15) is 0 Å². The smallest absolute Gasteiger partial charge is 0.319 e. The summed E-state index contributed by atoms with van der Waals surface area (Å²) in [4.78, 5) is 13.0. The summed E-state index contributed by atoms with van der Waals surface area (Å²) < 4.78 is 0. The monoisotopic (exact) mass is 172 g/mol. The van der Waals surface area contributed by atoms with Crippen molar-refractivity contribution in [3.8, 4) is 0 Å². The first kappa shape index (κ1) is 9.32. The van der Waals surface area contributed by atoms with Crippen LogP contribution in [-0.4, -0.2) is 34.9 Å². The van der Waals surface area contributed by atoms with Gasteiger partial charge < -0.3 is 15.3 Å². The first-order chi connectivity index (χ1) is 5.49. The molecule has 2 N–H and O–H groups in total. The average Bonchev–Trinajstić information content (AvgIpc) is 2.32. The molecular formula is C8H16N2O2. The minimum atomic E-state index is -1.11. The van der Waals surface area contributed by atoms with Crippen molar-refractivity contribution in [1.82, 2.24) is 10.2 Å². The van der Waals surface area contributed by atoms with Gasteiger partial charge in [0.15, 0.2) is 0 Å². The average molecular weight is 172 g/mol. The van der Waals surface area contributed by atoms with Crippen molar-refractivity contribution in [2.24, 2.45) is 0 Å². The quantitative estimate of drug-likeness (QED) is 0.566. The SMILES string of the molecule is CC(C)(O)NC(=O)N1CCCC1. The molecule has 0 bridgehead atoms. The van der Waals surface area contributed by atoms with Crippen LogP contribution in [0.25, 0.3) is 0 Å². The second-order valence-electron chi connectivity index (χ2n) is 3.68. The third-order valence-electron chi connectivity index (χ3n) is 1.81. The van der Waals surface area contributed by atoms with E-state index >= 15 is 0 Å². The zero-order chi connectivity index (χ0) is 9.19. The molecular weight excluding hydrogens is 156 g/mol. The summed E-state index contributed by atoms with van der Waals surface area (Å²) in [5, 5.41) is 11.8. The summed E-state index contributed by atoms with van der Waals surface area (Å²) in [7, 11) is 0. The van der Waals surface area contributed by atoms with Gasteiger partial charge in [0, 0.05) is 13.1 Å². The lowest BCUT2D eigenvalue weighted by atomic mass is 10.3. The third-order valence-corrected chi connectivity index (χ3v) is 1.81. The highest BCUT2D eigenvalue weighted by Gasteiger charge is 2.22. The number of urea groups is 1. The highest BCUT2D eigenvalue weighted by molar-refractivity contribution is 5.74. The molecule has 0 radical (unpaired) electrons. The summed E-state index contributed by atoms with van der Waals surface area (Å²) in [5.41, 5.74) is -1.11. The molecule has 1 heterocycles. The Morgan fingerprint density at radius 2 is 1.92 bits per heavy atom. The summed E-state index contributed by atoms with van der Waals surface area (Å²) >= 11 is 0. The maximum Gasteiger partial charge on any atom is 0.319 e. The fraction of sp³-hybridized carbons (Fsp3) is 0.875. The van der Waals surface area contributed by atoms with Crippen molar-refractivity contribution < 1.29 is 9.90 Å². The van der Waals surface area contributed by atoms with Crippen molar-refractivity contribution in [3.63, 3.8) is 0 Å². The van der Waals surface area contributed by atoms with Crippen molar-refractivity contribution in [2.45, 2.75) is 32.4 Å². The van der Waals surface area contributed by atoms with E-state index in [9.17, 15) is 9.90 Å². The van der Waals surface area contributed by atoms with E-state index in [0.717, 1.165) is 25.9 Å². The van der Waals surface area contributed by atoms with E-state index in [0.29, 0.717) is 0 Å². The number of amides is 2. The van der Waals surface area contributed by atoms with Gasteiger partial charge in [0.2, 0.25) is 0 Å². The number of likely N-dealkylation sites (tertiary alicyclic amines) is 1. The molecule has 0 aromatic heterocycles. The van der Waals surface area contributed by atoms with Gasteiger partial charge in [0.25, 0.3) is 0 Å². The lowest BCUT2D eigenvalue weighted by Gasteiger charge is -2.23. The molecule has 0 spiro atoms. The molecule has 4 nitrogen and oxygen atoms in total. The molecule has 4 heteroatoms. The molecule has 0 unspecified atom stereocenters. The Balaban J connectivity index is 2.37. The van der Waals surface area contributed by atoms with Gasteiger partial charge in [0.05, 0.1) is 0 Å². The number of rotatable bonds is 1. The molecule has 1 rings (SSSR count). The maximum atomic E-state index is 11.3. The van der Waals surface area contributed by atoms with Crippen LogP contribution in [0.4, 0.5) is 4.79 Å². The maximum absolute atomic E-state index is 11.3. The molecule has 12 heavy (non-hydrogen) atoms. The Labute approximate surface area is 72.6 Å². The molecule has 1 aliphatic rings. The van der Waals surface area contributed by atoms with E-state index in [4.69, 9.17) is 0 Å². The number of carbonyl (C=O) groups excluding carboxylic acids is 1. The standard InChI is InChI=1S/C8H16N2O2/c1-8(2,12)9-7(11)10-5-3-4-6-10/h12H,3-6H2,1-2H3,(H,9,11). The predicted octanol–water partition coefficient (Wildman–Crippen LogP) is 0.520. The highest BCUT2D eigenvalue weighted by Crippen LogP contribution is 2.08. The zero-order valence-electron chi connectivity index (χ0n) is 7.63. The van der Waals surface area contributed by atoms with Gasteiger partial charge in [-0.3, -0.25) is 0 Å². The van der Waals surface area contributed by atoms with Crippen molar-refractivity contribution in [3.05, 3.63) is 0 Å². The Morgan fingerprint density at radius 1 is 1.42 bits per heavy atom. The minimum Gasteiger partial charge on any atom is -0.372 e. The molecule has 1 fully saturated rings. The van der Waals surface area contributed by atoms with E-state index in [2.05, 4.69) is 5.32 Å². The van der Waals surface area contributed by atoms with Crippen LogP contribution in [0, 0.1) is 0 Å². The van der Waals surface area contributed by atoms with Gasteiger partial charge >= 0.3 is 6.03 Å². The summed E-state index contributed by atoms with van der Waals surface area (Å²) in [6, 6.07) is -0.167. The van der Waals surface area contributed by atoms with E-state index < -0.39 is 5.72 Å². The van der Waals surface area contributed by atoms with Crippen molar-refractivity contribution in [1.29, 1.82) is 0 Å². The van der Waals surface area contributed by atoms with Crippen molar-refractivity contribution >= 4 is 6.03 Å². The van der Waals surface area contributed by atoms with Crippen LogP contribution in [0.2, 0.25) is 0 Å². The van der Waals surface area contributed by atoms with Gasteiger partial charge in [-0.15, -0.1) is 0 Å². The minimum absolute atomic E-state index is 0.167. The van der Waals surface area contributed by atoms with Crippen LogP contribution < -0.4 is 5.32 Å². The predicted molar refractivity (Wildman–Crippen MR) is 45.6 cm³/mol. The van der Waals surface area contributed by atoms with Crippen LogP contribution >= 0.6 is 0 Å². The normalized spacial score (nSPS) is 18.1. The molecule has 0 saturated carbocycles. The number of hydrogen-bond acceptors (Lipinski definition) is 2. The van der Waals surface area contributed by atoms with E-state index in [1.807, 2.05) is 0 Å². The summed E-state index contributed by atoms with van der Waals surface area (Å²) in [5.74, 6) is 0. The Morgan fingerprint density at radius 3 is 2.33 bits per heavy atom. The summed E-state index contributed by atoms with van der Waals surface area (Å²) in [6.45, 7) is 4.73. The second-order valence-corrected chi connectivity index (χ2v) is 3.68. The largest absolute Gasteiger partial charge is 0.372 e. The number of aliphatic hydroxyl groups is 1. The van der Waals surface area contributed by atoms with Crippen molar-refractivity contribution in [2.75, 3.05) is 13.1 Å². The van der Waals surface area contributed by atoms with Crippen LogP contribution in [-0.2, 0) is 0 Å². The number of carbonyl (C=O) groups is 1. The van der Waals surface area contributed by atoms with Gasteiger partial charge in [-0.25, -0.2) is 4.79 Å². The van der Waals surface area contributed by atoms with Crippen LogP contribution in [0.15, 0.2) is 0 Å². The zero-order valence-corrected chi connectivity index (χ0v) is 7.63. The lowest BCUT2D eigenvalue weighted by Crippen LogP contribution is -2.49. The van der Waals surface area contributed by atoms with E-state index in [1.165, 1.54) is 0 Å². The summed E-state index contributed by atoms with van der Waals surface area (Å²) in [6.07, 6.45) is 2.14. The molecule has 2 amide bonds. The van der Waals surface area contributed by atoms with Crippen LogP contribution in [0.5, 0.6) is 0 Å². The fourth-order valence-corrected chi connectivity index (χ4v) is 1.26. The molecule has 1 aliphatic heterocycles. The first-order valence-electron chi connectivity index (χ1n) is 4.28. The molecule has 0 aromatic carbocycles. The third kappa shape index (κ3) is 2.70. The highest BCUT2D eigenvalue weighted by atomic mass is 16.3. The van der Waals surface area contributed by atoms with Crippen LogP contribution in [0.3, 0.4) is 0 Å². The Hall–Kier alpha value is -0.770.